The quantitative estimate of drug-likeness (QED) is 0.282. The van der Waals surface area contributed by atoms with Crippen LogP contribution in [0.4, 0.5) is 4.79 Å². The van der Waals surface area contributed by atoms with Gasteiger partial charge in [-0.2, -0.15) is 0 Å². The molecule has 1 saturated heterocycles. The van der Waals surface area contributed by atoms with Crippen LogP contribution in [0.3, 0.4) is 0 Å². The fraction of sp³-hybridized carbons (Fsp3) is 0.600. The van der Waals surface area contributed by atoms with Gasteiger partial charge in [-0.25, -0.2) is 9.59 Å². The minimum Gasteiger partial charge on any atom is -0.461 e. The zero-order chi connectivity index (χ0) is 11.8. The van der Waals surface area contributed by atoms with Gasteiger partial charge in [0.15, 0.2) is 0 Å². The molecule has 90 valence electrons. The molecule has 1 rings (SSSR count). The largest absolute Gasteiger partial charge is 0.461 e. The first-order valence-corrected chi connectivity index (χ1v) is 5.14. The maximum absolute atomic E-state index is 11.0. The van der Waals surface area contributed by atoms with E-state index in [4.69, 9.17) is 4.74 Å². The van der Waals surface area contributed by atoms with E-state index in [0.29, 0.717) is 6.61 Å². The molecule has 1 aliphatic heterocycles. The third kappa shape index (κ3) is 6.02. The normalized spacial score (nSPS) is 14.0. The molecule has 6 nitrogen and oxygen atoms in total. The number of nitrogens with zero attached hydrogens (tertiary/aromatic N) is 1. The lowest BCUT2D eigenvalue weighted by atomic mass is 10.6. The van der Waals surface area contributed by atoms with Crippen molar-refractivity contribution in [2.75, 3.05) is 39.4 Å². The van der Waals surface area contributed by atoms with E-state index in [1.54, 1.807) is 0 Å². The summed E-state index contributed by atoms with van der Waals surface area (Å²) in [6.45, 7) is 6.94. The SMILES string of the molecule is C=CC(=O)OCCNC(=O)OCCN1CC1. The fourth-order valence-corrected chi connectivity index (χ4v) is 0.976. The molecular weight excluding hydrogens is 212 g/mol. The number of esters is 1. The third-order valence-corrected chi connectivity index (χ3v) is 1.96. The van der Waals surface area contributed by atoms with Crippen LogP contribution >= 0.6 is 0 Å². The highest BCUT2D eigenvalue weighted by Crippen LogP contribution is 2.00. The Morgan fingerprint density at radius 2 is 2.06 bits per heavy atom. The maximum atomic E-state index is 11.0. The first kappa shape index (κ1) is 12.5. The summed E-state index contributed by atoms with van der Waals surface area (Å²) in [5.41, 5.74) is 0. The van der Waals surface area contributed by atoms with Gasteiger partial charge in [0.25, 0.3) is 0 Å². The van der Waals surface area contributed by atoms with Crippen LogP contribution in [0.5, 0.6) is 0 Å². The van der Waals surface area contributed by atoms with Gasteiger partial charge in [0.05, 0.1) is 6.54 Å². The first-order chi connectivity index (χ1) is 7.72. The molecule has 0 unspecified atom stereocenters. The molecule has 6 heteroatoms. The number of amides is 1. The van der Waals surface area contributed by atoms with Gasteiger partial charge < -0.3 is 14.8 Å². The fourth-order valence-electron chi connectivity index (χ4n) is 0.976. The van der Waals surface area contributed by atoms with Crippen molar-refractivity contribution in [3.05, 3.63) is 12.7 Å². The topological polar surface area (TPSA) is 67.6 Å². The highest BCUT2D eigenvalue weighted by molar-refractivity contribution is 5.81. The van der Waals surface area contributed by atoms with Gasteiger partial charge in [-0.05, 0) is 0 Å². The summed E-state index contributed by atoms with van der Waals surface area (Å²) in [7, 11) is 0. The average Bonchev–Trinajstić information content (AvgIpc) is 3.08. The number of hydrogen-bond donors (Lipinski definition) is 1. The Morgan fingerprint density at radius 3 is 2.69 bits per heavy atom. The van der Waals surface area contributed by atoms with Crippen molar-refractivity contribution in [1.29, 1.82) is 0 Å². The predicted molar refractivity (Wildman–Crippen MR) is 56.9 cm³/mol. The van der Waals surface area contributed by atoms with E-state index in [1.165, 1.54) is 0 Å². The lowest BCUT2D eigenvalue weighted by Crippen LogP contribution is -2.29. The molecule has 0 atom stereocenters. The highest BCUT2D eigenvalue weighted by Gasteiger charge is 2.16. The average molecular weight is 228 g/mol. The molecule has 0 aromatic heterocycles. The van der Waals surface area contributed by atoms with Crippen molar-refractivity contribution in [2.24, 2.45) is 0 Å². The zero-order valence-electron chi connectivity index (χ0n) is 9.11. The van der Waals surface area contributed by atoms with Gasteiger partial charge in [0, 0.05) is 25.7 Å². The molecular formula is C10H16N2O4. The molecule has 1 N–H and O–H groups in total. The Labute approximate surface area is 94.2 Å². The predicted octanol–water partition coefficient (Wildman–Crippen LogP) is -0.243. The monoisotopic (exact) mass is 228 g/mol. The van der Waals surface area contributed by atoms with Crippen LogP contribution in [0.15, 0.2) is 12.7 Å². The summed E-state index contributed by atoms with van der Waals surface area (Å²) < 4.78 is 9.53. The number of carbonyl (C=O) groups excluding carboxylic acids is 2. The Hall–Kier alpha value is -1.56. The molecule has 16 heavy (non-hydrogen) atoms. The summed E-state index contributed by atoms with van der Waals surface area (Å²) in [6.07, 6.45) is 0.582. The van der Waals surface area contributed by atoms with E-state index in [2.05, 4.69) is 21.5 Å². The van der Waals surface area contributed by atoms with Crippen molar-refractivity contribution in [3.63, 3.8) is 0 Å². The van der Waals surface area contributed by atoms with Crippen molar-refractivity contribution in [2.45, 2.75) is 0 Å². The second-order valence-electron chi connectivity index (χ2n) is 3.28. The van der Waals surface area contributed by atoms with Gasteiger partial charge in [-0.1, -0.05) is 6.58 Å². The molecule has 1 aliphatic rings. The molecule has 0 bridgehead atoms. The van der Waals surface area contributed by atoms with Gasteiger partial charge >= 0.3 is 12.1 Å². The maximum Gasteiger partial charge on any atom is 0.407 e. The Morgan fingerprint density at radius 1 is 1.31 bits per heavy atom. The van der Waals surface area contributed by atoms with Crippen molar-refractivity contribution < 1.29 is 19.1 Å². The number of ether oxygens (including phenoxy) is 2. The van der Waals surface area contributed by atoms with E-state index < -0.39 is 12.1 Å². The minimum absolute atomic E-state index is 0.117. The van der Waals surface area contributed by atoms with Crippen LogP contribution in [0.2, 0.25) is 0 Å². The number of nitrogens with one attached hydrogen (secondary N) is 1. The highest BCUT2D eigenvalue weighted by atomic mass is 16.6. The minimum atomic E-state index is -0.503. The standard InChI is InChI=1S/C10H16N2O4/c1-2-9(13)15-7-3-11-10(14)16-8-6-12-4-5-12/h2H,1,3-8H2,(H,11,14). The van der Waals surface area contributed by atoms with Gasteiger partial charge in [0.1, 0.15) is 13.2 Å². The number of hydrogen-bond acceptors (Lipinski definition) is 5. The van der Waals surface area contributed by atoms with E-state index in [0.717, 1.165) is 25.7 Å². The van der Waals surface area contributed by atoms with E-state index in [1.807, 2.05) is 0 Å². The Kier molecular flexibility index (Phi) is 5.35. The van der Waals surface area contributed by atoms with Crippen molar-refractivity contribution in [1.82, 2.24) is 10.2 Å². The molecule has 1 fully saturated rings. The summed E-state index contributed by atoms with van der Waals surface area (Å²) in [5, 5.41) is 2.47. The summed E-state index contributed by atoms with van der Waals surface area (Å²) in [4.78, 5) is 23.8. The van der Waals surface area contributed by atoms with Crippen LogP contribution in [0.25, 0.3) is 0 Å². The van der Waals surface area contributed by atoms with E-state index >= 15 is 0 Å². The summed E-state index contributed by atoms with van der Waals surface area (Å²) in [5.74, 6) is -0.503. The van der Waals surface area contributed by atoms with E-state index in [-0.39, 0.29) is 13.2 Å². The van der Waals surface area contributed by atoms with Crippen LogP contribution < -0.4 is 5.32 Å². The van der Waals surface area contributed by atoms with E-state index in [9.17, 15) is 9.59 Å². The molecule has 0 radical (unpaired) electrons. The Bertz CT molecular complexity index is 264. The molecule has 1 amide bonds. The van der Waals surface area contributed by atoms with Crippen LogP contribution in [-0.4, -0.2) is 56.4 Å². The number of rotatable bonds is 7. The lowest BCUT2D eigenvalue weighted by molar-refractivity contribution is -0.137. The summed E-state index contributed by atoms with van der Waals surface area (Å²) in [6, 6.07) is 0. The third-order valence-electron chi connectivity index (χ3n) is 1.96. The molecule has 0 aliphatic carbocycles. The summed E-state index contributed by atoms with van der Waals surface area (Å²) >= 11 is 0. The molecule has 0 saturated carbocycles. The van der Waals surface area contributed by atoms with Gasteiger partial charge in [-0.15, -0.1) is 0 Å². The van der Waals surface area contributed by atoms with Crippen LogP contribution in [0.1, 0.15) is 0 Å². The lowest BCUT2D eigenvalue weighted by Gasteiger charge is -2.07. The second kappa shape index (κ2) is 6.84. The second-order valence-corrected chi connectivity index (χ2v) is 3.28. The molecule has 1 heterocycles. The molecule has 0 aromatic rings. The van der Waals surface area contributed by atoms with Gasteiger partial charge in [-0.3, -0.25) is 4.90 Å². The molecule has 0 spiro atoms. The zero-order valence-corrected chi connectivity index (χ0v) is 9.11. The number of carbonyl (C=O) groups is 2. The molecule has 0 aromatic carbocycles. The smallest absolute Gasteiger partial charge is 0.407 e. The van der Waals surface area contributed by atoms with Crippen LogP contribution in [-0.2, 0) is 14.3 Å². The van der Waals surface area contributed by atoms with Crippen molar-refractivity contribution in [3.8, 4) is 0 Å². The first-order valence-electron chi connectivity index (χ1n) is 5.14. The van der Waals surface area contributed by atoms with Crippen LogP contribution in [0, 0.1) is 0 Å². The van der Waals surface area contributed by atoms with Gasteiger partial charge in [0.2, 0.25) is 0 Å². The number of alkyl carbamates (subject to hydrolysis) is 1. The Balaban J connectivity index is 1.88. The van der Waals surface area contributed by atoms with Crippen molar-refractivity contribution >= 4 is 12.1 Å².